The monoisotopic (exact) mass is 475 g/mol. The minimum atomic E-state index is -0.177. The summed E-state index contributed by atoms with van der Waals surface area (Å²) in [5.74, 6) is 0.951. The standard InChI is InChI=1S/C26H26ClN5O2/c1-13-10-18(15(3)30-20-8-9-22(27)31-16(20)4)25-19(11-13)23(33)14(2)24(34-25)21-7-6-17(12-28)26(29-5)32-21/h6-12,15,28,30H,1-5H3,(H,29,32)/t15-/m1/s1. The highest BCUT2D eigenvalue weighted by molar-refractivity contribution is 6.29. The van der Waals surface area contributed by atoms with E-state index in [1.54, 1.807) is 32.2 Å². The zero-order valence-electron chi connectivity index (χ0n) is 19.7. The predicted molar refractivity (Wildman–Crippen MR) is 139 cm³/mol. The summed E-state index contributed by atoms with van der Waals surface area (Å²) in [6.07, 6.45) is 1.23. The smallest absolute Gasteiger partial charge is 0.196 e. The van der Waals surface area contributed by atoms with Crippen molar-refractivity contribution in [3.8, 4) is 11.5 Å². The molecule has 4 aromatic rings. The van der Waals surface area contributed by atoms with Crippen molar-refractivity contribution < 1.29 is 4.42 Å². The fourth-order valence-corrected chi connectivity index (χ4v) is 4.23. The Bertz CT molecular complexity index is 1480. The molecule has 0 aliphatic heterocycles. The van der Waals surface area contributed by atoms with Crippen molar-refractivity contribution in [1.82, 2.24) is 9.97 Å². The summed E-state index contributed by atoms with van der Waals surface area (Å²) in [6.45, 7) is 7.61. The van der Waals surface area contributed by atoms with Gasteiger partial charge in [-0.1, -0.05) is 17.7 Å². The number of pyridine rings is 2. The van der Waals surface area contributed by atoms with Crippen LogP contribution in [0.1, 0.15) is 40.9 Å². The Labute approximate surface area is 202 Å². The molecule has 1 aromatic carbocycles. The number of benzene rings is 1. The van der Waals surface area contributed by atoms with Gasteiger partial charge in [-0.15, -0.1) is 0 Å². The summed E-state index contributed by atoms with van der Waals surface area (Å²) in [6, 6.07) is 10.9. The molecule has 34 heavy (non-hydrogen) atoms. The minimum absolute atomic E-state index is 0.0957. The van der Waals surface area contributed by atoms with Crippen molar-refractivity contribution >= 4 is 40.3 Å². The fourth-order valence-electron chi connectivity index (χ4n) is 4.04. The van der Waals surface area contributed by atoms with Crippen LogP contribution < -0.4 is 16.1 Å². The van der Waals surface area contributed by atoms with Gasteiger partial charge in [0, 0.05) is 30.0 Å². The molecule has 0 saturated heterocycles. The molecule has 8 heteroatoms. The average molecular weight is 476 g/mol. The first-order valence-corrected chi connectivity index (χ1v) is 11.3. The van der Waals surface area contributed by atoms with Crippen molar-refractivity contribution in [1.29, 1.82) is 5.41 Å². The lowest BCUT2D eigenvalue weighted by Crippen LogP contribution is -2.13. The van der Waals surface area contributed by atoms with Gasteiger partial charge in [0.2, 0.25) is 0 Å². The molecule has 0 fully saturated rings. The van der Waals surface area contributed by atoms with Crippen molar-refractivity contribution in [3.05, 3.63) is 79.7 Å². The van der Waals surface area contributed by atoms with E-state index in [1.807, 2.05) is 39.0 Å². The molecule has 3 heterocycles. The quantitative estimate of drug-likeness (QED) is 0.232. The Hall–Kier alpha value is -3.71. The molecule has 0 amide bonds. The second kappa shape index (κ2) is 9.27. The zero-order valence-corrected chi connectivity index (χ0v) is 20.5. The summed E-state index contributed by atoms with van der Waals surface area (Å²) in [4.78, 5) is 22.3. The highest BCUT2D eigenvalue weighted by Gasteiger charge is 2.20. The second-order valence-corrected chi connectivity index (χ2v) is 8.67. The Morgan fingerprint density at radius 1 is 1.12 bits per heavy atom. The van der Waals surface area contributed by atoms with Crippen LogP contribution in [0.3, 0.4) is 0 Å². The Kier molecular flexibility index (Phi) is 6.39. The van der Waals surface area contributed by atoms with E-state index >= 15 is 0 Å². The number of fused-ring (bicyclic) bond motifs is 1. The van der Waals surface area contributed by atoms with Gasteiger partial charge < -0.3 is 20.5 Å². The summed E-state index contributed by atoms with van der Waals surface area (Å²) in [7, 11) is 1.74. The molecule has 0 bridgehead atoms. The molecule has 1 atom stereocenters. The van der Waals surface area contributed by atoms with E-state index in [0.29, 0.717) is 44.5 Å². The van der Waals surface area contributed by atoms with Crippen LogP contribution in [0.15, 0.2) is 45.6 Å². The number of nitrogens with zero attached hydrogens (tertiary/aromatic N) is 2. The molecule has 0 spiro atoms. The third kappa shape index (κ3) is 4.26. The lowest BCUT2D eigenvalue weighted by atomic mass is 9.99. The molecule has 4 rings (SSSR count). The van der Waals surface area contributed by atoms with E-state index in [4.69, 9.17) is 21.4 Å². The van der Waals surface area contributed by atoms with E-state index < -0.39 is 0 Å². The fraction of sp³-hybridized carbons (Fsp3) is 0.231. The van der Waals surface area contributed by atoms with E-state index in [9.17, 15) is 4.79 Å². The van der Waals surface area contributed by atoms with Crippen LogP contribution in [-0.4, -0.2) is 23.2 Å². The molecular weight excluding hydrogens is 450 g/mol. The molecule has 174 valence electrons. The minimum Gasteiger partial charge on any atom is -0.454 e. The Morgan fingerprint density at radius 3 is 2.56 bits per heavy atom. The predicted octanol–water partition coefficient (Wildman–Crippen LogP) is 6.04. The number of aromatic nitrogens is 2. The van der Waals surface area contributed by atoms with Gasteiger partial charge in [-0.3, -0.25) is 4.79 Å². The summed E-state index contributed by atoms with van der Waals surface area (Å²) in [5, 5.41) is 15.0. The molecule has 0 aliphatic carbocycles. The third-order valence-electron chi connectivity index (χ3n) is 5.83. The molecule has 0 unspecified atom stereocenters. The van der Waals surface area contributed by atoms with Crippen LogP contribution in [0, 0.1) is 26.2 Å². The maximum absolute atomic E-state index is 13.4. The number of aryl methyl sites for hydroxylation is 2. The number of anilines is 2. The number of hydrogen-bond acceptors (Lipinski definition) is 7. The first kappa shape index (κ1) is 23.4. The summed E-state index contributed by atoms with van der Waals surface area (Å²) >= 11 is 6.01. The topological polar surface area (TPSA) is 104 Å². The number of hydrogen-bond donors (Lipinski definition) is 3. The summed E-state index contributed by atoms with van der Waals surface area (Å²) < 4.78 is 6.40. The van der Waals surface area contributed by atoms with E-state index in [-0.39, 0.29) is 11.5 Å². The number of nitrogens with one attached hydrogen (secondary N) is 3. The van der Waals surface area contributed by atoms with Crippen molar-refractivity contribution in [2.24, 2.45) is 0 Å². The lowest BCUT2D eigenvalue weighted by Gasteiger charge is -2.19. The molecule has 3 N–H and O–H groups in total. The number of rotatable bonds is 6. The van der Waals surface area contributed by atoms with Gasteiger partial charge in [0.05, 0.1) is 22.8 Å². The van der Waals surface area contributed by atoms with Crippen LogP contribution in [0.2, 0.25) is 5.15 Å². The zero-order chi connectivity index (χ0) is 24.6. The molecule has 7 nitrogen and oxygen atoms in total. The highest BCUT2D eigenvalue weighted by Crippen LogP contribution is 2.32. The van der Waals surface area contributed by atoms with Gasteiger partial charge in [-0.05, 0) is 63.6 Å². The van der Waals surface area contributed by atoms with Crippen molar-refractivity contribution in [3.63, 3.8) is 0 Å². The molecule has 3 aromatic heterocycles. The average Bonchev–Trinajstić information content (AvgIpc) is 2.82. The Balaban J connectivity index is 1.89. The number of halogens is 1. The maximum atomic E-state index is 13.4. The van der Waals surface area contributed by atoms with E-state index in [1.165, 1.54) is 6.21 Å². The molecule has 0 aliphatic rings. The van der Waals surface area contributed by atoms with Crippen molar-refractivity contribution in [2.45, 2.75) is 33.7 Å². The van der Waals surface area contributed by atoms with Crippen molar-refractivity contribution in [2.75, 3.05) is 17.7 Å². The van der Waals surface area contributed by atoms with Gasteiger partial charge in [-0.25, -0.2) is 9.97 Å². The van der Waals surface area contributed by atoms with Crippen LogP contribution in [0.5, 0.6) is 0 Å². The highest BCUT2D eigenvalue weighted by atomic mass is 35.5. The van der Waals surface area contributed by atoms with Gasteiger partial charge in [0.15, 0.2) is 11.2 Å². The van der Waals surface area contributed by atoms with Gasteiger partial charge in [0.1, 0.15) is 22.2 Å². The van der Waals surface area contributed by atoms with E-state index in [0.717, 1.165) is 22.5 Å². The Morgan fingerprint density at radius 2 is 1.88 bits per heavy atom. The molecular formula is C26H26ClN5O2. The molecule has 0 radical (unpaired) electrons. The van der Waals surface area contributed by atoms with Gasteiger partial charge in [0.25, 0.3) is 0 Å². The van der Waals surface area contributed by atoms with Crippen LogP contribution in [-0.2, 0) is 0 Å². The maximum Gasteiger partial charge on any atom is 0.196 e. The summed E-state index contributed by atoms with van der Waals surface area (Å²) in [5.41, 5.74) is 5.53. The second-order valence-electron chi connectivity index (χ2n) is 8.28. The van der Waals surface area contributed by atoms with Gasteiger partial charge in [-0.2, -0.15) is 0 Å². The van der Waals surface area contributed by atoms with Crippen LogP contribution in [0.4, 0.5) is 11.5 Å². The van der Waals surface area contributed by atoms with Crippen LogP contribution in [0.25, 0.3) is 22.4 Å². The largest absolute Gasteiger partial charge is 0.454 e. The third-order valence-corrected chi connectivity index (χ3v) is 6.04. The lowest BCUT2D eigenvalue weighted by molar-refractivity contribution is 0.603. The van der Waals surface area contributed by atoms with Crippen LogP contribution >= 0.6 is 11.6 Å². The first-order chi connectivity index (χ1) is 16.2. The normalized spacial score (nSPS) is 11.9. The van der Waals surface area contributed by atoms with Gasteiger partial charge >= 0.3 is 0 Å². The first-order valence-electron chi connectivity index (χ1n) is 10.9. The molecule has 0 saturated carbocycles. The SMILES string of the molecule is CNc1nc(-c2oc3c([C@@H](C)Nc4ccc(Cl)nc4C)cc(C)cc3c(=O)c2C)ccc1C=N. The van der Waals surface area contributed by atoms with E-state index in [2.05, 4.69) is 20.6 Å².